The van der Waals surface area contributed by atoms with Crippen molar-refractivity contribution in [1.29, 1.82) is 0 Å². The van der Waals surface area contributed by atoms with E-state index < -0.39 is 0 Å². The molecule has 1 aliphatic heterocycles. The Morgan fingerprint density at radius 3 is 2.83 bits per heavy atom. The first-order valence-electron chi connectivity index (χ1n) is 5.70. The second-order valence-electron chi connectivity index (χ2n) is 4.35. The maximum Gasteiger partial charge on any atom is 0.238 e. The number of carbonyl (C=O) groups is 1. The van der Waals surface area contributed by atoms with Gasteiger partial charge in [0.2, 0.25) is 5.91 Å². The minimum Gasteiger partial charge on any atom is -0.392 e. The Hall–Kier alpha value is -0.810. The number of hydrogen-bond acceptors (Lipinski definition) is 3. The zero-order valence-electron chi connectivity index (χ0n) is 9.70. The summed E-state index contributed by atoms with van der Waals surface area (Å²) in [7, 11) is 0. The number of halogens is 2. The Morgan fingerprint density at radius 1 is 1.44 bits per heavy atom. The van der Waals surface area contributed by atoms with Crippen molar-refractivity contribution in [2.45, 2.75) is 12.5 Å². The molecule has 0 unspecified atom stereocenters. The third-order valence-corrected chi connectivity index (χ3v) is 3.56. The minimum absolute atomic E-state index is 0.123. The molecule has 2 N–H and O–H groups in total. The van der Waals surface area contributed by atoms with Crippen LogP contribution in [0.3, 0.4) is 0 Å². The second-order valence-corrected chi connectivity index (χ2v) is 5.17. The van der Waals surface area contributed by atoms with E-state index in [0.717, 1.165) is 13.0 Å². The Bertz CT molecular complexity index is 454. The Balaban J connectivity index is 1.89. The monoisotopic (exact) mass is 288 g/mol. The highest BCUT2D eigenvalue weighted by Crippen LogP contribution is 2.25. The fourth-order valence-electron chi connectivity index (χ4n) is 1.93. The Labute approximate surface area is 115 Å². The summed E-state index contributed by atoms with van der Waals surface area (Å²) < 4.78 is 0. The number of benzene rings is 1. The molecule has 1 aliphatic rings. The summed E-state index contributed by atoms with van der Waals surface area (Å²) in [5.41, 5.74) is 0.620. The lowest BCUT2D eigenvalue weighted by molar-refractivity contribution is -0.117. The molecule has 1 heterocycles. The quantitative estimate of drug-likeness (QED) is 0.895. The first-order chi connectivity index (χ1) is 8.54. The summed E-state index contributed by atoms with van der Waals surface area (Å²) in [4.78, 5) is 13.7. The first-order valence-corrected chi connectivity index (χ1v) is 6.45. The molecule has 1 amide bonds. The second kappa shape index (κ2) is 5.89. The van der Waals surface area contributed by atoms with E-state index in [2.05, 4.69) is 5.32 Å². The van der Waals surface area contributed by atoms with Crippen LogP contribution in [-0.2, 0) is 4.79 Å². The molecule has 1 aromatic rings. The molecule has 98 valence electrons. The highest BCUT2D eigenvalue weighted by molar-refractivity contribution is 6.42. The maximum atomic E-state index is 11.8. The molecule has 18 heavy (non-hydrogen) atoms. The molecule has 0 radical (unpaired) electrons. The van der Waals surface area contributed by atoms with Gasteiger partial charge in [-0.25, -0.2) is 0 Å². The summed E-state index contributed by atoms with van der Waals surface area (Å²) in [6, 6.07) is 4.95. The molecular formula is C12H14Cl2N2O2. The lowest BCUT2D eigenvalue weighted by Gasteiger charge is -2.14. The topological polar surface area (TPSA) is 52.6 Å². The van der Waals surface area contributed by atoms with Gasteiger partial charge in [0.1, 0.15) is 0 Å². The fraction of sp³-hybridized carbons (Fsp3) is 0.417. The van der Waals surface area contributed by atoms with Gasteiger partial charge in [-0.05, 0) is 24.6 Å². The third kappa shape index (κ3) is 3.59. The van der Waals surface area contributed by atoms with Crippen molar-refractivity contribution in [3.8, 4) is 0 Å². The van der Waals surface area contributed by atoms with Crippen molar-refractivity contribution in [2.75, 3.05) is 25.0 Å². The van der Waals surface area contributed by atoms with Crippen LogP contribution < -0.4 is 5.32 Å². The fourth-order valence-corrected chi connectivity index (χ4v) is 2.23. The van der Waals surface area contributed by atoms with Gasteiger partial charge in [0.05, 0.1) is 22.7 Å². The van der Waals surface area contributed by atoms with Gasteiger partial charge >= 0.3 is 0 Å². The van der Waals surface area contributed by atoms with E-state index in [0.29, 0.717) is 22.3 Å². The van der Waals surface area contributed by atoms with E-state index in [1.54, 1.807) is 18.2 Å². The number of amides is 1. The van der Waals surface area contributed by atoms with E-state index in [9.17, 15) is 9.90 Å². The number of rotatable bonds is 3. The molecule has 4 nitrogen and oxygen atoms in total. The molecule has 0 saturated carbocycles. The Morgan fingerprint density at radius 2 is 2.22 bits per heavy atom. The van der Waals surface area contributed by atoms with Crippen molar-refractivity contribution >= 4 is 34.8 Å². The van der Waals surface area contributed by atoms with Crippen molar-refractivity contribution in [1.82, 2.24) is 4.90 Å². The number of β-amino-alcohol motifs (C(OH)–C–C–N with tert-alkyl or cyclic N) is 1. The van der Waals surface area contributed by atoms with E-state index in [-0.39, 0.29) is 18.6 Å². The van der Waals surface area contributed by atoms with Crippen LogP contribution >= 0.6 is 23.2 Å². The lowest BCUT2D eigenvalue weighted by Crippen LogP contribution is -2.32. The Kier molecular flexibility index (Phi) is 4.45. The van der Waals surface area contributed by atoms with Crippen LogP contribution in [0.1, 0.15) is 6.42 Å². The zero-order chi connectivity index (χ0) is 13.1. The normalized spacial score (nSPS) is 20.1. The number of hydrogen-bond donors (Lipinski definition) is 2. The summed E-state index contributed by atoms with van der Waals surface area (Å²) in [6.45, 7) is 1.57. The van der Waals surface area contributed by atoms with Crippen LogP contribution in [0.15, 0.2) is 18.2 Å². The number of aliphatic hydroxyl groups is 1. The average molecular weight is 289 g/mol. The van der Waals surface area contributed by atoms with Crippen LogP contribution in [0.2, 0.25) is 10.0 Å². The highest BCUT2D eigenvalue weighted by atomic mass is 35.5. The van der Waals surface area contributed by atoms with E-state index in [1.165, 1.54) is 0 Å². The predicted molar refractivity (Wildman–Crippen MR) is 72.2 cm³/mol. The van der Waals surface area contributed by atoms with Gasteiger partial charge in [0, 0.05) is 18.8 Å². The molecule has 0 spiro atoms. The molecule has 1 aromatic carbocycles. The molecule has 1 fully saturated rings. The van der Waals surface area contributed by atoms with Crippen LogP contribution in [-0.4, -0.2) is 41.7 Å². The van der Waals surface area contributed by atoms with Gasteiger partial charge < -0.3 is 10.4 Å². The number of aliphatic hydroxyl groups excluding tert-OH is 1. The highest BCUT2D eigenvalue weighted by Gasteiger charge is 2.21. The number of nitrogens with one attached hydrogen (secondary N) is 1. The minimum atomic E-state index is -0.317. The van der Waals surface area contributed by atoms with Gasteiger partial charge in [0.25, 0.3) is 0 Å². The number of anilines is 1. The molecule has 0 bridgehead atoms. The summed E-state index contributed by atoms with van der Waals surface area (Å²) in [5.74, 6) is -0.123. The largest absolute Gasteiger partial charge is 0.392 e. The molecule has 0 aliphatic carbocycles. The van der Waals surface area contributed by atoms with Gasteiger partial charge in [0.15, 0.2) is 0 Å². The maximum absolute atomic E-state index is 11.8. The van der Waals surface area contributed by atoms with Crippen molar-refractivity contribution in [3.63, 3.8) is 0 Å². The third-order valence-electron chi connectivity index (χ3n) is 2.82. The molecular weight excluding hydrogens is 275 g/mol. The van der Waals surface area contributed by atoms with E-state index in [4.69, 9.17) is 23.2 Å². The number of nitrogens with zero attached hydrogens (tertiary/aromatic N) is 1. The molecule has 0 aromatic heterocycles. The number of carbonyl (C=O) groups excluding carboxylic acids is 1. The van der Waals surface area contributed by atoms with Gasteiger partial charge in [-0.2, -0.15) is 0 Å². The molecule has 1 saturated heterocycles. The zero-order valence-corrected chi connectivity index (χ0v) is 11.2. The van der Waals surface area contributed by atoms with E-state index in [1.807, 2.05) is 4.90 Å². The van der Waals surface area contributed by atoms with Crippen molar-refractivity contribution in [3.05, 3.63) is 28.2 Å². The van der Waals surface area contributed by atoms with Gasteiger partial charge in [-0.3, -0.25) is 9.69 Å². The number of likely N-dealkylation sites (tertiary alicyclic amines) is 1. The first kappa shape index (κ1) is 13.6. The average Bonchev–Trinajstić information content (AvgIpc) is 2.69. The van der Waals surface area contributed by atoms with Crippen LogP contribution in [0.25, 0.3) is 0 Å². The van der Waals surface area contributed by atoms with E-state index >= 15 is 0 Å². The van der Waals surface area contributed by atoms with Crippen LogP contribution in [0.4, 0.5) is 5.69 Å². The molecule has 1 atom stereocenters. The van der Waals surface area contributed by atoms with Crippen LogP contribution in [0.5, 0.6) is 0 Å². The summed E-state index contributed by atoms with van der Waals surface area (Å²) in [6.07, 6.45) is 0.405. The van der Waals surface area contributed by atoms with Crippen molar-refractivity contribution < 1.29 is 9.90 Å². The molecule has 6 heteroatoms. The SMILES string of the molecule is O=C(CN1CC[C@H](O)C1)Nc1ccc(Cl)c(Cl)c1. The van der Waals surface area contributed by atoms with Gasteiger partial charge in [-0.1, -0.05) is 23.2 Å². The summed E-state index contributed by atoms with van der Waals surface area (Å²) in [5, 5.41) is 13.0. The standard InChI is InChI=1S/C12H14Cl2N2O2/c13-10-2-1-8(5-11(10)14)15-12(18)7-16-4-3-9(17)6-16/h1-2,5,9,17H,3-4,6-7H2,(H,15,18)/t9-/m0/s1. The van der Waals surface area contributed by atoms with Crippen molar-refractivity contribution in [2.24, 2.45) is 0 Å². The predicted octanol–water partition coefficient (Wildman–Crippen LogP) is 2.00. The van der Waals surface area contributed by atoms with Crippen LogP contribution in [0, 0.1) is 0 Å². The van der Waals surface area contributed by atoms with Gasteiger partial charge in [-0.15, -0.1) is 0 Å². The lowest BCUT2D eigenvalue weighted by atomic mass is 10.3. The summed E-state index contributed by atoms with van der Waals surface area (Å²) >= 11 is 11.7. The molecule has 2 rings (SSSR count). The smallest absolute Gasteiger partial charge is 0.238 e.